The number of carbonyl (C=O) groups is 2. The molecule has 1 aliphatic carbocycles. The molecular weight excluding hydrogens is 296 g/mol. The SMILES string of the molecule is COC(=O)[C@@]12CN(C(=O)c3cncc(OC)c3)C[C@@H]1C(C)(C)C2. The molecule has 3 rings (SSSR count). The Hall–Kier alpha value is -2.11. The summed E-state index contributed by atoms with van der Waals surface area (Å²) in [5.74, 6) is 0.344. The van der Waals surface area contributed by atoms with Gasteiger partial charge in [0.1, 0.15) is 5.75 Å². The first-order chi connectivity index (χ1) is 10.8. The van der Waals surface area contributed by atoms with E-state index in [1.165, 1.54) is 20.4 Å². The minimum absolute atomic E-state index is 0.0375. The molecule has 1 aromatic heterocycles. The second-order valence-electron chi connectivity index (χ2n) is 7.16. The van der Waals surface area contributed by atoms with E-state index in [1.54, 1.807) is 17.2 Å². The third-order valence-corrected chi connectivity index (χ3v) is 5.33. The largest absolute Gasteiger partial charge is 0.495 e. The molecule has 0 aromatic carbocycles. The fraction of sp³-hybridized carbons (Fsp3) is 0.588. The molecule has 6 nitrogen and oxygen atoms in total. The number of pyridine rings is 1. The first-order valence-corrected chi connectivity index (χ1v) is 7.71. The van der Waals surface area contributed by atoms with Crippen LogP contribution in [0.5, 0.6) is 5.75 Å². The first-order valence-electron chi connectivity index (χ1n) is 7.71. The second kappa shape index (κ2) is 5.22. The van der Waals surface area contributed by atoms with E-state index >= 15 is 0 Å². The minimum atomic E-state index is -0.555. The van der Waals surface area contributed by atoms with Crippen molar-refractivity contribution in [2.75, 3.05) is 27.3 Å². The van der Waals surface area contributed by atoms with E-state index in [1.807, 2.05) is 0 Å². The zero-order valence-corrected chi connectivity index (χ0v) is 14.0. The van der Waals surface area contributed by atoms with E-state index in [9.17, 15) is 9.59 Å². The van der Waals surface area contributed by atoms with Crippen LogP contribution in [0, 0.1) is 16.7 Å². The van der Waals surface area contributed by atoms with E-state index in [0.717, 1.165) is 6.42 Å². The maximum atomic E-state index is 12.8. The van der Waals surface area contributed by atoms with Gasteiger partial charge < -0.3 is 14.4 Å². The first kappa shape index (κ1) is 15.8. The molecule has 1 aliphatic heterocycles. The molecular formula is C17H22N2O4. The number of aromatic nitrogens is 1. The van der Waals surface area contributed by atoms with Crippen molar-refractivity contribution in [3.05, 3.63) is 24.0 Å². The van der Waals surface area contributed by atoms with Crippen molar-refractivity contribution in [2.24, 2.45) is 16.7 Å². The highest BCUT2D eigenvalue weighted by molar-refractivity contribution is 5.95. The van der Waals surface area contributed by atoms with Crippen LogP contribution in [0.4, 0.5) is 0 Å². The van der Waals surface area contributed by atoms with Crippen LogP contribution >= 0.6 is 0 Å². The number of rotatable bonds is 3. The third kappa shape index (κ3) is 2.28. The van der Waals surface area contributed by atoms with E-state index < -0.39 is 5.41 Å². The highest BCUT2D eigenvalue weighted by atomic mass is 16.5. The Kier molecular flexibility index (Phi) is 3.58. The Bertz CT molecular complexity index is 658. The lowest BCUT2D eigenvalue weighted by Crippen LogP contribution is -2.57. The van der Waals surface area contributed by atoms with Crippen LogP contribution in [-0.2, 0) is 9.53 Å². The van der Waals surface area contributed by atoms with Crippen LogP contribution < -0.4 is 4.74 Å². The number of nitrogens with zero attached hydrogens (tertiary/aromatic N) is 2. The van der Waals surface area contributed by atoms with Crippen LogP contribution in [0.3, 0.4) is 0 Å². The van der Waals surface area contributed by atoms with Crippen LogP contribution in [0.1, 0.15) is 30.6 Å². The van der Waals surface area contributed by atoms with Crippen molar-refractivity contribution in [3.8, 4) is 5.75 Å². The van der Waals surface area contributed by atoms with Crippen molar-refractivity contribution in [3.63, 3.8) is 0 Å². The summed E-state index contributed by atoms with van der Waals surface area (Å²) in [4.78, 5) is 30.9. The van der Waals surface area contributed by atoms with Crippen LogP contribution in [0.15, 0.2) is 18.5 Å². The average molecular weight is 318 g/mol. The number of fused-ring (bicyclic) bond motifs is 1. The Morgan fingerprint density at radius 3 is 2.65 bits per heavy atom. The summed E-state index contributed by atoms with van der Waals surface area (Å²) in [5, 5.41) is 0. The van der Waals surface area contributed by atoms with E-state index in [2.05, 4.69) is 18.8 Å². The summed E-state index contributed by atoms with van der Waals surface area (Å²) in [7, 11) is 2.95. The lowest BCUT2D eigenvalue weighted by molar-refractivity contribution is -0.174. The number of carbonyl (C=O) groups excluding carboxylic acids is 2. The second-order valence-corrected chi connectivity index (χ2v) is 7.16. The van der Waals surface area contributed by atoms with Crippen molar-refractivity contribution in [2.45, 2.75) is 20.3 Å². The molecule has 1 saturated heterocycles. The molecule has 0 unspecified atom stereocenters. The summed E-state index contributed by atoms with van der Waals surface area (Å²) in [6, 6.07) is 1.67. The highest BCUT2D eigenvalue weighted by Crippen LogP contribution is 2.63. The van der Waals surface area contributed by atoms with Gasteiger partial charge in [-0.05, 0) is 23.8 Å². The zero-order valence-electron chi connectivity index (χ0n) is 14.0. The maximum Gasteiger partial charge on any atom is 0.314 e. The van der Waals surface area contributed by atoms with Crippen LogP contribution in [-0.4, -0.2) is 49.1 Å². The fourth-order valence-corrected chi connectivity index (χ4v) is 4.36. The Labute approximate surface area is 135 Å². The standard InChI is InChI=1S/C17H22N2O4/c1-16(2)9-17(15(21)23-4)10-19(8-13(16)17)14(20)11-5-12(22-3)7-18-6-11/h5-7,13H,8-10H2,1-4H3/t13-,17+/m1/s1. The average Bonchev–Trinajstić information content (AvgIpc) is 2.89. The molecule has 1 aromatic rings. The summed E-state index contributed by atoms with van der Waals surface area (Å²) >= 11 is 0. The topological polar surface area (TPSA) is 68.7 Å². The molecule has 1 amide bonds. The summed E-state index contributed by atoms with van der Waals surface area (Å²) in [6.07, 6.45) is 3.84. The lowest BCUT2D eigenvalue weighted by atomic mass is 9.48. The summed E-state index contributed by atoms with van der Waals surface area (Å²) in [5.41, 5.74) is -0.0424. The Morgan fingerprint density at radius 1 is 1.30 bits per heavy atom. The minimum Gasteiger partial charge on any atom is -0.495 e. The van der Waals surface area contributed by atoms with Gasteiger partial charge in [-0.25, -0.2) is 0 Å². The molecule has 0 N–H and O–H groups in total. The van der Waals surface area contributed by atoms with Gasteiger partial charge in [0.25, 0.3) is 5.91 Å². The van der Waals surface area contributed by atoms with Crippen molar-refractivity contribution >= 4 is 11.9 Å². The smallest absolute Gasteiger partial charge is 0.314 e. The van der Waals surface area contributed by atoms with Crippen LogP contribution in [0.2, 0.25) is 0 Å². The van der Waals surface area contributed by atoms with Crippen LogP contribution in [0.25, 0.3) is 0 Å². The quantitative estimate of drug-likeness (QED) is 0.794. The van der Waals surface area contributed by atoms with E-state index in [4.69, 9.17) is 9.47 Å². The normalized spacial score (nSPS) is 27.8. The van der Waals surface area contributed by atoms with Crippen molar-refractivity contribution in [1.82, 2.24) is 9.88 Å². The van der Waals surface area contributed by atoms with E-state index in [-0.39, 0.29) is 23.2 Å². The number of hydrogen-bond donors (Lipinski definition) is 0. The zero-order chi connectivity index (χ0) is 16.8. The van der Waals surface area contributed by atoms with Gasteiger partial charge in [0.2, 0.25) is 0 Å². The lowest BCUT2D eigenvalue weighted by Gasteiger charge is -2.54. The van der Waals surface area contributed by atoms with Gasteiger partial charge in [0, 0.05) is 19.3 Å². The predicted molar refractivity (Wildman–Crippen MR) is 83.0 cm³/mol. The van der Waals surface area contributed by atoms with Gasteiger partial charge in [0.15, 0.2) is 0 Å². The number of esters is 1. The molecule has 2 heterocycles. The molecule has 0 bridgehead atoms. The van der Waals surface area contributed by atoms with Gasteiger partial charge in [-0.15, -0.1) is 0 Å². The summed E-state index contributed by atoms with van der Waals surface area (Å²) < 4.78 is 10.1. The molecule has 1 saturated carbocycles. The monoisotopic (exact) mass is 318 g/mol. The number of methoxy groups -OCH3 is 2. The molecule has 0 spiro atoms. The molecule has 0 radical (unpaired) electrons. The molecule has 2 atom stereocenters. The molecule has 124 valence electrons. The number of ether oxygens (including phenoxy) is 2. The molecule has 2 aliphatic rings. The van der Waals surface area contributed by atoms with Gasteiger partial charge in [-0.3, -0.25) is 14.6 Å². The maximum absolute atomic E-state index is 12.8. The number of amides is 1. The van der Waals surface area contributed by atoms with Gasteiger partial charge >= 0.3 is 5.97 Å². The highest BCUT2D eigenvalue weighted by Gasteiger charge is 2.68. The summed E-state index contributed by atoms with van der Waals surface area (Å²) in [6.45, 7) is 5.25. The van der Waals surface area contributed by atoms with Crippen molar-refractivity contribution < 1.29 is 19.1 Å². The van der Waals surface area contributed by atoms with E-state index in [0.29, 0.717) is 24.4 Å². The number of hydrogen-bond acceptors (Lipinski definition) is 5. The Morgan fingerprint density at radius 2 is 2.04 bits per heavy atom. The van der Waals surface area contributed by atoms with Crippen molar-refractivity contribution in [1.29, 1.82) is 0 Å². The van der Waals surface area contributed by atoms with Gasteiger partial charge in [0.05, 0.1) is 31.4 Å². The van der Waals surface area contributed by atoms with Gasteiger partial charge in [-0.1, -0.05) is 13.8 Å². The molecule has 6 heteroatoms. The predicted octanol–water partition coefficient (Wildman–Crippen LogP) is 1.75. The van der Waals surface area contributed by atoms with Gasteiger partial charge in [-0.2, -0.15) is 0 Å². The number of likely N-dealkylation sites (tertiary alicyclic amines) is 1. The fourth-order valence-electron chi connectivity index (χ4n) is 4.36. The molecule has 23 heavy (non-hydrogen) atoms. The third-order valence-electron chi connectivity index (χ3n) is 5.33. The molecule has 2 fully saturated rings. The Balaban J connectivity index is 1.85.